The molecule has 0 spiro atoms. The standard InChI is InChI=1S/C16H19IN2O/c1-10-4-9-14(16(20-3)11(10)2)15(19-18)12-5-7-13(17)8-6-12/h4-9,15,19H,18H2,1-3H3. The van der Waals surface area contributed by atoms with Crippen LogP contribution >= 0.6 is 22.6 Å². The van der Waals surface area contributed by atoms with Crippen LogP contribution in [0, 0.1) is 17.4 Å². The molecule has 20 heavy (non-hydrogen) atoms. The lowest BCUT2D eigenvalue weighted by molar-refractivity contribution is 0.400. The monoisotopic (exact) mass is 382 g/mol. The van der Waals surface area contributed by atoms with Gasteiger partial charge in [-0.05, 0) is 65.3 Å². The smallest absolute Gasteiger partial charge is 0.127 e. The quantitative estimate of drug-likeness (QED) is 0.484. The number of hydrogen-bond donors (Lipinski definition) is 2. The zero-order valence-electron chi connectivity index (χ0n) is 11.9. The van der Waals surface area contributed by atoms with Crippen LogP contribution in [0.4, 0.5) is 0 Å². The van der Waals surface area contributed by atoms with Gasteiger partial charge in [-0.2, -0.15) is 0 Å². The summed E-state index contributed by atoms with van der Waals surface area (Å²) < 4.78 is 6.79. The third-order valence-electron chi connectivity index (χ3n) is 3.59. The van der Waals surface area contributed by atoms with Crippen molar-refractivity contribution in [2.24, 2.45) is 5.84 Å². The lowest BCUT2D eigenvalue weighted by Crippen LogP contribution is -2.29. The van der Waals surface area contributed by atoms with Crippen molar-refractivity contribution in [3.05, 3.63) is 62.2 Å². The topological polar surface area (TPSA) is 47.3 Å². The van der Waals surface area contributed by atoms with E-state index in [1.807, 2.05) is 0 Å². The minimum absolute atomic E-state index is 0.0822. The zero-order chi connectivity index (χ0) is 14.7. The van der Waals surface area contributed by atoms with Gasteiger partial charge in [0.2, 0.25) is 0 Å². The molecule has 0 saturated carbocycles. The van der Waals surface area contributed by atoms with Crippen molar-refractivity contribution in [2.45, 2.75) is 19.9 Å². The van der Waals surface area contributed by atoms with E-state index >= 15 is 0 Å². The normalized spacial score (nSPS) is 12.2. The minimum Gasteiger partial charge on any atom is -0.496 e. The van der Waals surface area contributed by atoms with Gasteiger partial charge in [-0.25, -0.2) is 5.43 Å². The summed E-state index contributed by atoms with van der Waals surface area (Å²) in [6, 6.07) is 12.4. The number of nitrogens with one attached hydrogen (secondary N) is 1. The molecule has 0 aliphatic rings. The molecule has 0 bridgehead atoms. The summed E-state index contributed by atoms with van der Waals surface area (Å²) in [6.45, 7) is 4.15. The number of aryl methyl sites for hydroxylation is 1. The number of ether oxygens (including phenoxy) is 1. The van der Waals surface area contributed by atoms with E-state index in [2.05, 4.69) is 78.3 Å². The molecule has 0 heterocycles. The zero-order valence-corrected chi connectivity index (χ0v) is 14.1. The second-order valence-electron chi connectivity index (χ2n) is 4.78. The summed E-state index contributed by atoms with van der Waals surface area (Å²) in [7, 11) is 1.70. The third kappa shape index (κ3) is 2.97. The SMILES string of the molecule is COc1c(C(NN)c2ccc(I)cc2)ccc(C)c1C. The van der Waals surface area contributed by atoms with Crippen molar-refractivity contribution in [3.8, 4) is 5.75 Å². The third-order valence-corrected chi connectivity index (χ3v) is 4.31. The molecule has 0 aliphatic carbocycles. The molecular weight excluding hydrogens is 363 g/mol. The molecule has 0 fully saturated rings. The maximum absolute atomic E-state index is 5.78. The summed E-state index contributed by atoms with van der Waals surface area (Å²) in [5.74, 6) is 6.67. The number of methoxy groups -OCH3 is 1. The molecule has 2 aromatic carbocycles. The molecule has 2 rings (SSSR count). The lowest BCUT2D eigenvalue weighted by Gasteiger charge is -2.21. The van der Waals surface area contributed by atoms with E-state index in [-0.39, 0.29) is 6.04 Å². The molecule has 106 valence electrons. The molecule has 2 aromatic rings. The Morgan fingerprint density at radius 2 is 1.75 bits per heavy atom. The van der Waals surface area contributed by atoms with Gasteiger partial charge in [-0.15, -0.1) is 0 Å². The fourth-order valence-electron chi connectivity index (χ4n) is 2.33. The summed E-state index contributed by atoms with van der Waals surface area (Å²) in [5.41, 5.74) is 7.43. The number of halogens is 1. The van der Waals surface area contributed by atoms with E-state index in [0.29, 0.717) is 0 Å². The second-order valence-corrected chi connectivity index (χ2v) is 6.03. The Labute approximate surface area is 133 Å². The van der Waals surface area contributed by atoms with Gasteiger partial charge >= 0.3 is 0 Å². The van der Waals surface area contributed by atoms with Crippen LogP contribution in [0.3, 0.4) is 0 Å². The molecule has 3 N–H and O–H groups in total. The van der Waals surface area contributed by atoms with Gasteiger partial charge in [-0.1, -0.05) is 24.3 Å². The maximum Gasteiger partial charge on any atom is 0.127 e. The van der Waals surface area contributed by atoms with E-state index in [0.717, 1.165) is 22.4 Å². The highest BCUT2D eigenvalue weighted by Gasteiger charge is 2.19. The number of hydrogen-bond acceptors (Lipinski definition) is 3. The van der Waals surface area contributed by atoms with Crippen LogP contribution in [0.5, 0.6) is 5.75 Å². The Morgan fingerprint density at radius 3 is 2.30 bits per heavy atom. The van der Waals surface area contributed by atoms with Crippen LogP contribution in [-0.4, -0.2) is 7.11 Å². The molecule has 1 atom stereocenters. The van der Waals surface area contributed by atoms with E-state index in [1.165, 1.54) is 9.13 Å². The van der Waals surface area contributed by atoms with Crippen LogP contribution < -0.4 is 16.0 Å². The summed E-state index contributed by atoms with van der Waals surface area (Å²) in [6.07, 6.45) is 0. The van der Waals surface area contributed by atoms with E-state index in [1.54, 1.807) is 7.11 Å². The molecule has 4 heteroatoms. The fourth-order valence-corrected chi connectivity index (χ4v) is 2.69. The number of nitrogens with two attached hydrogens (primary N) is 1. The first-order valence-electron chi connectivity index (χ1n) is 6.44. The summed E-state index contributed by atoms with van der Waals surface area (Å²) in [4.78, 5) is 0. The predicted octanol–water partition coefficient (Wildman–Crippen LogP) is 3.47. The molecular formula is C16H19IN2O. The minimum atomic E-state index is -0.0822. The summed E-state index contributed by atoms with van der Waals surface area (Å²) >= 11 is 2.29. The van der Waals surface area contributed by atoms with Crippen molar-refractivity contribution in [1.29, 1.82) is 0 Å². The highest BCUT2D eigenvalue weighted by Crippen LogP contribution is 2.33. The molecule has 3 nitrogen and oxygen atoms in total. The fraction of sp³-hybridized carbons (Fsp3) is 0.250. The Bertz CT molecular complexity index is 596. The van der Waals surface area contributed by atoms with Crippen molar-refractivity contribution >= 4 is 22.6 Å². The Balaban J connectivity index is 2.52. The van der Waals surface area contributed by atoms with Gasteiger partial charge in [0.25, 0.3) is 0 Å². The van der Waals surface area contributed by atoms with Crippen LogP contribution in [0.25, 0.3) is 0 Å². The van der Waals surface area contributed by atoms with Crippen molar-refractivity contribution < 1.29 is 4.74 Å². The highest BCUT2D eigenvalue weighted by molar-refractivity contribution is 14.1. The Kier molecular flexibility index (Phi) is 5.01. The van der Waals surface area contributed by atoms with E-state index in [9.17, 15) is 0 Å². The molecule has 0 aliphatic heterocycles. The Hall–Kier alpha value is -1.11. The Morgan fingerprint density at radius 1 is 1.10 bits per heavy atom. The van der Waals surface area contributed by atoms with Crippen molar-refractivity contribution in [3.63, 3.8) is 0 Å². The van der Waals surface area contributed by atoms with E-state index < -0.39 is 0 Å². The molecule has 0 amide bonds. The predicted molar refractivity (Wildman–Crippen MR) is 90.8 cm³/mol. The van der Waals surface area contributed by atoms with Gasteiger partial charge in [-0.3, -0.25) is 5.84 Å². The lowest BCUT2D eigenvalue weighted by atomic mass is 9.95. The first-order chi connectivity index (χ1) is 9.58. The van der Waals surface area contributed by atoms with Crippen LogP contribution in [0.2, 0.25) is 0 Å². The average Bonchev–Trinajstić information content (AvgIpc) is 2.45. The second kappa shape index (κ2) is 6.56. The summed E-state index contributed by atoms with van der Waals surface area (Å²) in [5, 5.41) is 0. The van der Waals surface area contributed by atoms with Crippen molar-refractivity contribution in [1.82, 2.24) is 5.43 Å². The average molecular weight is 382 g/mol. The molecule has 1 unspecified atom stereocenters. The van der Waals surface area contributed by atoms with Gasteiger partial charge in [0.05, 0.1) is 13.2 Å². The first-order valence-corrected chi connectivity index (χ1v) is 7.52. The largest absolute Gasteiger partial charge is 0.496 e. The van der Waals surface area contributed by atoms with Crippen molar-refractivity contribution in [2.75, 3.05) is 7.11 Å². The van der Waals surface area contributed by atoms with Gasteiger partial charge < -0.3 is 4.74 Å². The number of benzene rings is 2. The first kappa shape index (κ1) is 15.3. The van der Waals surface area contributed by atoms with Crippen LogP contribution in [-0.2, 0) is 0 Å². The number of rotatable bonds is 4. The van der Waals surface area contributed by atoms with Gasteiger partial charge in [0.15, 0.2) is 0 Å². The molecule has 0 radical (unpaired) electrons. The van der Waals surface area contributed by atoms with Gasteiger partial charge in [0, 0.05) is 9.13 Å². The van der Waals surface area contributed by atoms with Crippen LogP contribution in [0.1, 0.15) is 28.3 Å². The van der Waals surface area contributed by atoms with E-state index in [4.69, 9.17) is 10.6 Å². The molecule has 0 saturated heterocycles. The highest BCUT2D eigenvalue weighted by atomic mass is 127. The van der Waals surface area contributed by atoms with Crippen LogP contribution in [0.15, 0.2) is 36.4 Å². The molecule has 0 aromatic heterocycles. The van der Waals surface area contributed by atoms with Gasteiger partial charge in [0.1, 0.15) is 5.75 Å². The number of hydrazine groups is 1. The maximum atomic E-state index is 5.78.